The molecule has 1 aromatic heterocycles. The van der Waals surface area contributed by atoms with E-state index in [0.717, 1.165) is 0 Å². The first-order chi connectivity index (χ1) is 10.6. The number of fused-ring (bicyclic) bond motifs is 1. The summed E-state index contributed by atoms with van der Waals surface area (Å²) in [5.74, 6) is -1.68. The quantitative estimate of drug-likeness (QED) is 0.367. The number of aromatic amines is 1. The summed E-state index contributed by atoms with van der Waals surface area (Å²) in [6.07, 6.45) is 0. The van der Waals surface area contributed by atoms with Crippen LogP contribution in [0.4, 0.5) is 0 Å². The van der Waals surface area contributed by atoms with Crippen molar-refractivity contribution in [2.75, 3.05) is 19.0 Å². The van der Waals surface area contributed by atoms with Crippen LogP contribution in [-0.2, 0) is 14.4 Å². The van der Waals surface area contributed by atoms with Crippen LogP contribution in [0.15, 0.2) is 18.2 Å². The van der Waals surface area contributed by atoms with E-state index in [1.165, 1.54) is 0 Å². The summed E-state index contributed by atoms with van der Waals surface area (Å²) >= 11 is 5.26. The van der Waals surface area contributed by atoms with Crippen LogP contribution >= 0.6 is 11.6 Å². The fourth-order valence-corrected chi connectivity index (χ4v) is 1.64. The third-order valence-corrected chi connectivity index (χ3v) is 2.78. The number of nitrogens with zero attached hydrogens (tertiary/aromatic N) is 2. The molecule has 1 heterocycles. The number of carbonyl (C=O) groups excluding carboxylic acids is 3. The highest BCUT2D eigenvalue weighted by atomic mass is 35.5. The fourth-order valence-electron chi connectivity index (χ4n) is 1.55. The molecule has 0 fully saturated rings. The van der Waals surface area contributed by atoms with Crippen molar-refractivity contribution < 1.29 is 19.1 Å². The zero-order valence-electron chi connectivity index (χ0n) is 11.3. The van der Waals surface area contributed by atoms with Crippen LogP contribution in [0, 0.1) is 0 Å². The zero-order chi connectivity index (χ0) is 15.9. The molecule has 1 aromatic carbocycles. The van der Waals surface area contributed by atoms with E-state index in [0.29, 0.717) is 11.0 Å². The van der Waals surface area contributed by atoms with Gasteiger partial charge in [-0.2, -0.15) is 0 Å². The summed E-state index contributed by atoms with van der Waals surface area (Å²) in [6, 6.07) is 4.96. The second kappa shape index (κ2) is 7.36. The van der Waals surface area contributed by atoms with E-state index in [-0.39, 0.29) is 24.7 Å². The van der Waals surface area contributed by atoms with E-state index in [1.54, 1.807) is 18.2 Å². The van der Waals surface area contributed by atoms with Crippen molar-refractivity contribution >= 4 is 40.4 Å². The van der Waals surface area contributed by atoms with Crippen LogP contribution in [0.5, 0.6) is 5.75 Å². The Morgan fingerprint density at radius 3 is 2.73 bits per heavy atom. The van der Waals surface area contributed by atoms with Gasteiger partial charge in [-0.1, -0.05) is 11.3 Å². The van der Waals surface area contributed by atoms with Crippen LogP contribution in [0.1, 0.15) is 0 Å². The molecule has 0 saturated heterocycles. The van der Waals surface area contributed by atoms with Gasteiger partial charge >= 0.3 is 5.97 Å². The summed E-state index contributed by atoms with van der Waals surface area (Å²) in [5.41, 5.74) is 1.04. The van der Waals surface area contributed by atoms with Crippen LogP contribution < -0.4 is 15.4 Å². The molecule has 0 atom stereocenters. The third-order valence-electron chi connectivity index (χ3n) is 2.54. The molecule has 0 radical (unpaired) electrons. The summed E-state index contributed by atoms with van der Waals surface area (Å²) < 4.78 is 5.10. The van der Waals surface area contributed by atoms with Gasteiger partial charge in [-0.05, 0) is 12.1 Å². The topological polar surface area (TPSA) is 126 Å². The number of aromatic nitrogens is 3. The van der Waals surface area contributed by atoms with E-state index in [9.17, 15) is 14.4 Å². The maximum Gasteiger partial charge on any atom is 0.330 e. The van der Waals surface area contributed by atoms with Crippen molar-refractivity contribution in [3.05, 3.63) is 18.2 Å². The number of rotatable bonds is 6. The van der Waals surface area contributed by atoms with Gasteiger partial charge in [-0.3, -0.25) is 14.7 Å². The van der Waals surface area contributed by atoms with E-state index in [4.69, 9.17) is 16.3 Å². The molecular weight excluding hydrogens is 314 g/mol. The summed E-state index contributed by atoms with van der Waals surface area (Å²) in [4.78, 5) is 33.9. The molecule has 9 nitrogen and oxygen atoms in total. The molecule has 0 aliphatic carbocycles. The van der Waals surface area contributed by atoms with Gasteiger partial charge in [0.2, 0.25) is 11.8 Å². The van der Waals surface area contributed by atoms with Gasteiger partial charge in [-0.25, -0.2) is 4.79 Å². The number of esters is 1. The number of alkyl halides is 1. The van der Waals surface area contributed by atoms with Crippen molar-refractivity contribution in [2.24, 2.45) is 0 Å². The molecule has 0 spiro atoms. The minimum absolute atomic E-state index is 0.237. The fraction of sp³-hybridized carbons (Fsp3) is 0.250. The molecule has 3 N–H and O–H groups in total. The maximum atomic E-state index is 11.7. The number of carbonyl (C=O) groups is 3. The highest BCUT2D eigenvalue weighted by molar-refractivity contribution is 6.27. The predicted molar refractivity (Wildman–Crippen MR) is 76.3 cm³/mol. The Morgan fingerprint density at radius 1 is 1.18 bits per heavy atom. The zero-order valence-corrected chi connectivity index (χ0v) is 12.0. The standard InChI is InChI=1S/C12H12ClN5O4/c13-4-9(19)14-5-10(20)15-6-11(21)22-8-3-1-2-7-12(8)17-18-16-7/h1-3H,4-6H2,(H,14,19)(H,15,20)(H,16,17,18). The number of halogens is 1. The average Bonchev–Trinajstić information content (AvgIpc) is 3.00. The van der Waals surface area contributed by atoms with Crippen molar-refractivity contribution in [2.45, 2.75) is 0 Å². The molecular formula is C12H12ClN5O4. The van der Waals surface area contributed by atoms with Gasteiger partial charge in [0.15, 0.2) is 11.3 Å². The van der Waals surface area contributed by atoms with Crippen molar-refractivity contribution in [3.8, 4) is 5.75 Å². The van der Waals surface area contributed by atoms with E-state index >= 15 is 0 Å². The molecule has 0 unspecified atom stereocenters. The van der Waals surface area contributed by atoms with Gasteiger partial charge < -0.3 is 15.4 Å². The number of benzene rings is 1. The molecule has 22 heavy (non-hydrogen) atoms. The number of hydrogen-bond donors (Lipinski definition) is 3. The summed E-state index contributed by atoms with van der Waals surface area (Å²) in [5, 5.41) is 14.6. The Labute approximate surface area is 129 Å². The monoisotopic (exact) mass is 325 g/mol. The van der Waals surface area contributed by atoms with Gasteiger partial charge in [0.1, 0.15) is 12.4 Å². The second-order valence-corrected chi connectivity index (χ2v) is 4.39. The molecule has 0 bridgehead atoms. The molecule has 0 aliphatic rings. The molecule has 2 amide bonds. The predicted octanol–water partition coefficient (Wildman–Crippen LogP) is -0.665. The minimum Gasteiger partial charge on any atom is -0.423 e. The van der Waals surface area contributed by atoms with Gasteiger partial charge in [0.05, 0.1) is 12.1 Å². The molecule has 10 heteroatoms. The summed E-state index contributed by atoms with van der Waals surface area (Å²) in [7, 11) is 0. The number of ether oxygens (including phenoxy) is 1. The molecule has 0 aliphatic heterocycles. The van der Waals surface area contributed by atoms with E-state index in [2.05, 4.69) is 26.0 Å². The van der Waals surface area contributed by atoms with E-state index in [1.807, 2.05) is 0 Å². The lowest BCUT2D eigenvalue weighted by Crippen LogP contribution is -2.40. The van der Waals surface area contributed by atoms with Crippen LogP contribution in [0.2, 0.25) is 0 Å². The SMILES string of the molecule is O=C(CCl)NCC(=O)NCC(=O)Oc1cccc2[nH]nnc12. The number of amides is 2. The van der Waals surface area contributed by atoms with Crippen LogP contribution in [0.25, 0.3) is 11.0 Å². The van der Waals surface area contributed by atoms with E-state index < -0.39 is 17.8 Å². The van der Waals surface area contributed by atoms with Crippen molar-refractivity contribution in [1.29, 1.82) is 0 Å². The summed E-state index contributed by atoms with van der Waals surface area (Å²) in [6.45, 7) is -0.610. The first-order valence-corrected chi connectivity index (χ1v) is 6.73. The smallest absolute Gasteiger partial charge is 0.330 e. The highest BCUT2D eigenvalue weighted by Gasteiger charge is 2.12. The second-order valence-electron chi connectivity index (χ2n) is 4.13. The minimum atomic E-state index is -0.674. The number of nitrogens with one attached hydrogen (secondary N) is 3. The third kappa shape index (κ3) is 4.16. The Balaban J connectivity index is 1.82. The molecule has 2 aromatic rings. The van der Waals surface area contributed by atoms with Gasteiger partial charge in [0, 0.05) is 0 Å². The lowest BCUT2D eigenvalue weighted by molar-refractivity contribution is -0.135. The molecule has 116 valence electrons. The Bertz CT molecular complexity index is 702. The van der Waals surface area contributed by atoms with Gasteiger partial charge in [-0.15, -0.1) is 16.7 Å². The molecule has 2 rings (SSSR count). The largest absolute Gasteiger partial charge is 0.423 e. The Kier molecular flexibility index (Phi) is 5.26. The van der Waals surface area contributed by atoms with Crippen molar-refractivity contribution in [3.63, 3.8) is 0 Å². The number of hydrogen-bond acceptors (Lipinski definition) is 6. The first-order valence-electron chi connectivity index (χ1n) is 6.20. The first kappa shape index (κ1) is 15.7. The van der Waals surface area contributed by atoms with Crippen molar-refractivity contribution in [1.82, 2.24) is 26.0 Å². The Hall–Kier alpha value is -2.68. The maximum absolute atomic E-state index is 11.7. The van der Waals surface area contributed by atoms with Crippen LogP contribution in [0.3, 0.4) is 0 Å². The van der Waals surface area contributed by atoms with Gasteiger partial charge in [0.25, 0.3) is 0 Å². The normalized spacial score (nSPS) is 10.2. The Morgan fingerprint density at radius 2 is 1.95 bits per heavy atom. The lowest BCUT2D eigenvalue weighted by atomic mass is 10.3. The average molecular weight is 326 g/mol. The molecule has 0 saturated carbocycles. The van der Waals surface area contributed by atoms with Crippen LogP contribution in [-0.4, -0.2) is 52.2 Å². The highest BCUT2D eigenvalue weighted by Crippen LogP contribution is 2.21. The lowest BCUT2D eigenvalue weighted by Gasteiger charge is -2.07. The number of H-pyrrole nitrogens is 1.